The molecule has 1 fully saturated rings. The molecule has 1 amide bonds. The summed E-state index contributed by atoms with van der Waals surface area (Å²) in [5, 5.41) is 2.59. The highest BCUT2D eigenvalue weighted by molar-refractivity contribution is 6.31. The average Bonchev–Trinajstić information content (AvgIpc) is 3.03. The number of carbonyl (C=O) groups is 1. The molecule has 31 heavy (non-hydrogen) atoms. The maximum atomic E-state index is 13.8. The number of rotatable bonds is 4. The molecule has 1 atom stereocenters. The van der Waals surface area contributed by atoms with Crippen LogP contribution in [-0.4, -0.2) is 52.6 Å². The van der Waals surface area contributed by atoms with Crippen molar-refractivity contribution in [3.8, 4) is 0 Å². The van der Waals surface area contributed by atoms with Crippen LogP contribution in [0.2, 0.25) is 5.02 Å². The van der Waals surface area contributed by atoms with Gasteiger partial charge < -0.3 is 20.1 Å². The molecule has 7 nitrogen and oxygen atoms in total. The summed E-state index contributed by atoms with van der Waals surface area (Å²) in [6.07, 6.45) is 0. The molecular weight excluding hydrogens is 428 g/mol. The fourth-order valence-corrected chi connectivity index (χ4v) is 4.01. The van der Waals surface area contributed by atoms with Crippen LogP contribution < -0.4 is 15.9 Å². The maximum Gasteiger partial charge on any atom is 0.326 e. The van der Waals surface area contributed by atoms with Crippen molar-refractivity contribution in [1.82, 2.24) is 14.5 Å². The molecule has 2 N–H and O–H groups in total. The molecule has 0 radical (unpaired) electrons. The Labute approximate surface area is 182 Å². The number of carbonyl (C=O) groups excluding carboxylic acids is 1. The number of aryl methyl sites for hydroxylation is 1. The van der Waals surface area contributed by atoms with Gasteiger partial charge in [-0.05, 0) is 37.3 Å². The Hall–Kier alpha value is -3.07. The molecule has 0 aliphatic carbocycles. The van der Waals surface area contributed by atoms with Crippen LogP contribution in [0.5, 0.6) is 0 Å². The molecule has 4 rings (SSSR count). The van der Waals surface area contributed by atoms with Gasteiger partial charge in [-0.15, -0.1) is 0 Å². The number of imidazole rings is 1. The molecule has 164 valence electrons. The van der Waals surface area contributed by atoms with Crippen molar-refractivity contribution in [1.29, 1.82) is 0 Å². The van der Waals surface area contributed by atoms with Crippen LogP contribution in [0.25, 0.3) is 11.0 Å². The highest BCUT2D eigenvalue weighted by Crippen LogP contribution is 2.27. The van der Waals surface area contributed by atoms with Gasteiger partial charge in [-0.1, -0.05) is 11.6 Å². The van der Waals surface area contributed by atoms with Crippen molar-refractivity contribution in [3.05, 3.63) is 57.5 Å². The molecule has 3 aromatic rings. The summed E-state index contributed by atoms with van der Waals surface area (Å²) in [5.74, 6) is -1.68. The van der Waals surface area contributed by atoms with Crippen LogP contribution in [0.1, 0.15) is 6.92 Å². The monoisotopic (exact) mass is 449 g/mol. The summed E-state index contributed by atoms with van der Waals surface area (Å²) in [7, 11) is 1.68. The second kappa shape index (κ2) is 8.22. The van der Waals surface area contributed by atoms with Crippen LogP contribution in [0.4, 0.5) is 20.2 Å². The standard InChI is InChI=1S/C21H22ClF2N5O2/c1-12-11-28(14-8-15(23)20(22)16(24)9-14)5-6-29(12)19(30)10-25-13-3-4-17-18(7-13)27(2)21(31)26-17/h3-4,7-9,12,25H,5-6,10-11H2,1-2H3,(H,26,31)/t12-/m1/s1. The molecule has 0 saturated carbocycles. The van der Waals surface area contributed by atoms with Crippen molar-refractivity contribution in [2.75, 3.05) is 36.4 Å². The Bertz CT molecular complexity index is 1190. The third-order valence-corrected chi connectivity index (χ3v) is 5.99. The van der Waals surface area contributed by atoms with Gasteiger partial charge in [0, 0.05) is 44.1 Å². The van der Waals surface area contributed by atoms with E-state index in [0.717, 1.165) is 16.7 Å². The topological polar surface area (TPSA) is 73.4 Å². The number of aromatic amines is 1. The molecule has 0 bridgehead atoms. The van der Waals surface area contributed by atoms with Crippen molar-refractivity contribution in [3.63, 3.8) is 0 Å². The summed E-state index contributed by atoms with van der Waals surface area (Å²) < 4.78 is 29.1. The van der Waals surface area contributed by atoms with Gasteiger partial charge in [0.25, 0.3) is 0 Å². The van der Waals surface area contributed by atoms with Gasteiger partial charge in [0.2, 0.25) is 5.91 Å². The predicted octanol–water partition coefficient (Wildman–Crippen LogP) is 2.95. The van der Waals surface area contributed by atoms with E-state index in [0.29, 0.717) is 25.3 Å². The molecule has 2 aromatic carbocycles. The Kier molecular flexibility index (Phi) is 5.62. The molecule has 1 aliphatic rings. The first-order valence-corrected chi connectivity index (χ1v) is 10.2. The van der Waals surface area contributed by atoms with E-state index in [9.17, 15) is 18.4 Å². The smallest absolute Gasteiger partial charge is 0.326 e. The van der Waals surface area contributed by atoms with Crippen LogP contribution >= 0.6 is 11.6 Å². The van der Waals surface area contributed by atoms with Crippen molar-refractivity contribution in [2.24, 2.45) is 7.05 Å². The normalized spacial score (nSPS) is 16.7. The van der Waals surface area contributed by atoms with Gasteiger partial charge in [0.05, 0.1) is 17.6 Å². The maximum absolute atomic E-state index is 13.8. The number of piperazine rings is 1. The Balaban J connectivity index is 1.39. The van der Waals surface area contributed by atoms with E-state index in [2.05, 4.69) is 10.3 Å². The zero-order valence-corrected chi connectivity index (χ0v) is 17.8. The lowest BCUT2D eigenvalue weighted by Crippen LogP contribution is -2.55. The van der Waals surface area contributed by atoms with Crippen molar-refractivity contribution < 1.29 is 13.6 Å². The summed E-state index contributed by atoms with van der Waals surface area (Å²) in [6.45, 7) is 3.32. The summed E-state index contributed by atoms with van der Waals surface area (Å²) in [5.41, 5.74) is 2.40. The van der Waals surface area contributed by atoms with E-state index < -0.39 is 16.7 Å². The van der Waals surface area contributed by atoms with Crippen molar-refractivity contribution >= 4 is 39.9 Å². The van der Waals surface area contributed by atoms with Crippen LogP contribution in [0.15, 0.2) is 35.1 Å². The van der Waals surface area contributed by atoms with E-state index in [1.807, 2.05) is 17.9 Å². The largest absolute Gasteiger partial charge is 0.376 e. The second-order valence-electron chi connectivity index (χ2n) is 7.68. The highest BCUT2D eigenvalue weighted by atomic mass is 35.5. The lowest BCUT2D eigenvalue weighted by atomic mass is 10.1. The molecular formula is C21H22ClF2N5O2. The summed E-state index contributed by atoms with van der Waals surface area (Å²) in [4.78, 5) is 30.8. The van der Waals surface area contributed by atoms with E-state index in [4.69, 9.17) is 11.6 Å². The molecule has 1 aliphatic heterocycles. The van der Waals surface area contributed by atoms with E-state index in [1.165, 1.54) is 16.7 Å². The fraction of sp³-hybridized carbons (Fsp3) is 0.333. The van der Waals surface area contributed by atoms with Gasteiger partial charge in [-0.25, -0.2) is 13.6 Å². The van der Waals surface area contributed by atoms with E-state index in [-0.39, 0.29) is 24.2 Å². The summed E-state index contributed by atoms with van der Waals surface area (Å²) in [6, 6.07) is 7.68. The first-order valence-electron chi connectivity index (χ1n) is 9.86. The Morgan fingerprint density at radius 1 is 1.23 bits per heavy atom. The number of fused-ring (bicyclic) bond motifs is 1. The molecule has 2 heterocycles. The number of nitrogens with one attached hydrogen (secondary N) is 2. The van der Waals surface area contributed by atoms with Gasteiger partial charge in [-0.2, -0.15) is 0 Å². The molecule has 10 heteroatoms. The lowest BCUT2D eigenvalue weighted by Gasteiger charge is -2.41. The van der Waals surface area contributed by atoms with Gasteiger partial charge in [0.15, 0.2) is 0 Å². The Morgan fingerprint density at radius 2 is 1.94 bits per heavy atom. The summed E-state index contributed by atoms with van der Waals surface area (Å²) >= 11 is 5.56. The zero-order valence-electron chi connectivity index (χ0n) is 17.1. The van der Waals surface area contributed by atoms with Crippen LogP contribution in [-0.2, 0) is 11.8 Å². The number of hydrogen-bond donors (Lipinski definition) is 2. The van der Waals surface area contributed by atoms with Crippen LogP contribution in [0.3, 0.4) is 0 Å². The molecule has 1 aromatic heterocycles. The van der Waals surface area contributed by atoms with E-state index in [1.54, 1.807) is 24.1 Å². The Morgan fingerprint density at radius 3 is 2.61 bits per heavy atom. The van der Waals surface area contributed by atoms with E-state index >= 15 is 0 Å². The zero-order chi connectivity index (χ0) is 22.3. The molecule has 1 saturated heterocycles. The lowest BCUT2D eigenvalue weighted by molar-refractivity contribution is -0.131. The third kappa shape index (κ3) is 4.10. The predicted molar refractivity (Wildman–Crippen MR) is 117 cm³/mol. The fourth-order valence-electron chi connectivity index (χ4n) is 3.90. The minimum absolute atomic E-state index is 0.0799. The number of hydrogen-bond acceptors (Lipinski definition) is 4. The molecule has 0 spiro atoms. The second-order valence-corrected chi connectivity index (χ2v) is 8.06. The molecule has 0 unspecified atom stereocenters. The highest BCUT2D eigenvalue weighted by Gasteiger charge is 2.28. The van der Waals surface area contributed by atoms with Gasteiger partial charge in [0.1, 0.15) is 16.7 Å². The number of benzene rings is 2. The quantitative estimate of drug-likeness (QED) is 0.601. The number of anilines is 2. The number of H-pyrrole nitrogens is 1. The number of aromatic nitrogens is 2. The first kappa shape index (κ1) is 21.2. The van der Waals surface area contributed by atoms with Gasteiger partial charge >= 0.3 is 5.69 Å². The van der Waals surface area contributed by atoms with Crippen molar-refractivity contribution in [2.45, 2.75) is 13.0 Å². The first-order chi connectivity index (χ1) is 14.7. The third-order valence-electron chi connectivity index (χ3n) is 5.63. The average molecular weight is 450 g/mol. The number of nitrogens with zero attached hydrogens (tertiary/aromatic N) is 3. The minimum Gasteiger partial charge on any atom is -0.376 e. The minimum atomic E-state index is -0.802. The van der Waals surface area contributed by atoms with Gasteiger partial charge in [-0.3, -0.25) is 9.36 Å². The van der Waals surface area contributed by atoms with Crippen LogP contribution in [0, 0.1) is 11.6 Å². The SMILES string of the molecule is C[C@@H]1CN(c2cc(F)c(Cl)c(F)c2)CCN1C(=O)CNc1ccc2[nH]c(=O)n(C)c2c1. The number of amides is 1. The number of halogens is 3.